The Hall–Kier alpha value is -0.570. The van der Waals surface area contributed by atoms with E-state index in [9.17, 15) is 4.79 Å². The van der Waals surface area contributed by atoms with Crippen LogP contribution in [0, 0.1) is 11.3 Å². The van der Waals surface area contributed by atoms with E-state index in [1.54, 1.807) is 0 Å². The summed E-state index contributed by atoms with van der Waals surface area (Å²) in [6.45, 7) is 9.47. The fourth-order valence-electron chi connectivity index (χ4n) is 3.04. The van der Waals surface area contributed by atoms with E-state index in [4.69, 9.17) is 0 Å². The van der Waals surface area contributed by atoms with E-state index in [2.05, 4.69) is 26.1 Å². The molecular formula is C15H30N2O. The number of hydrogen-bond donors (Lipinski definition) is 1. The van der Waals surface area contributed by atoms with Gasteiger partial charge in [-0.2, -0.15) is 0 Å². The molecule has 1 saturated heterocycles. The Bertz CT molecular complexity index is 254. The summed E-state index contributed by atoms with van der Waals surface area (Å²) in [6.07, 6.45) is 5.29. The number of nitrogens with one attached hydrogen (secondary N) is 1. The van der Waals surface area contributed by atoms with Crippen LogP contribution in [-0.4, -0.2) is 37.5 Å². The van der Waals surface area contributed by atoms with E-state index >= 15 is 0 Å². The Morgan fingerprint density at radius 3 is 2.44 bits per heavy atom. The van der Waals surface area contributed by atoms with Crippen LogP contribution in [0.1, 0.15) is 52.9 Å². The molecule has 0 spiro atoms. The SMILES string of the molecule is CCCC1(C(=O)N(C)CC(C)CC)CCNCC1. The van der Waals surface area contributed by atoms with Crippen LogP contribution in [0.2, 0.25) is 0 Å². The van der Waals surface area contributed by atoms with E-state index in [1.807, 2.05) is 11.9 Å². The predicted molar refractivity (Wildman–Crippen MR) is 76.5 cm³/mol. The van der Waals surface area contributed by atoms with Crippen molar-refractivity contribution in [2.75, 3.05) is 26.7 Å². The molecule has 1 heterocycles. The van der Waals surface area contributed by atoms with Gasteiger partial charge in [-0.05, 0) is 38.3 Å². The summed E-state index contributed by atoms with van der Waals surface area (Å²) < 4.78 is 0. The van der Waals surface area contributed by atoms with Gasteiger partial charge in [0.1, 0.15) is 0 Å². The smallest absolute Gasteiger partial charge is 0.228 e. The normalized spacial score (nSPS) is 20.4. The fourth-order valence-corrected chi connectivity index (χ4v) is 3.04. The number of hydrogen-bond acceptors (Lipinski definition) is 2. The molecule has 3 heteroatoms. The van der Waals surface area contributed by atoms with Crippen LogP contribution >= 0.6 is 0 Å². The van der Waals surface area contributed by atoms with Crippen molar-refractivity contribution in [2.45, 2.75) is 52.9 Å². The zero-order chi connectivity index (χ0) is 13.6. The Balaban J connectivity index is 2.69. The second-order valence-corrected chi connectivity index (χ2v) is 5.98. The van der Waals surface area contributed by atoms with Crippen molar-refractivity contribution in [1.82, 2.24) is 10.2 Å². The second kappa shape index (κ2) is 7.13. The summed E-state index contributed by atoms with van der Waals surface area (Å²) in [6, 6.07) is 0. The molecule has 18 heavy (non-hydrogen) atoms. The number of rotatable bonds is 6. The van der Waals surface area contributed by atoms with Gasteiger partial charge in [-0.3, -0.25) is 4.79 Å². The molecule has 1 N–H and O–H groups in total. The lowest BCUT2D eigenvalue weighted by atomic mass is 9.74. The summed E-state index contributed by atoms with van der Waals surface area (Å²) in [4.78, 5) is 14.7. The van der Waals surface area contributed by atoms with Crippen molar-refractivity contribution in [3.05, 3.63) is 0 Å². The van der Waals surface area contributed by atoms with Crippen LogP contribution in [-0.2, 0) is 4.79 Å². The van der Waals surface area contributed by atoms with E-state index in [0.717, 1.165) is 51.7 Å². The minimum Gasteiger partial charge on any atom is -0.345 e. The first kappa shape index (κ1) is 15.5. The lowest BCUT2D eigenvalue weighted by molar-refractivity contribution is -0.143. The van der Waals surface area contributed by atoms with E-state index in [1.165, 1.54) is 0 Å². The molecule has 1 rings (SSSR count). The highest BCUT2D eigenvalue weighted by Crippen LogP contribution is 2.36. The molecule has 106 valence electrons. The molecule has 1 unspecified atom stereocenters. The lowest BCUT2D eigenvalue weighted by Crippen LogP contribution is -2.49. The van der Waals surface area contributed by atoms with Crippen molar-refractivity contribution >= 4 is 5.91 Å². The van der Waals surface area contributed by atoms with Crippen LogP contribution in [0.5, 0.6) is 0 Å². The zero-order valence-electron chi connectivity index (χ0n) is 12.6. The zero-order valence-corrected chi connectivity index (χ0v) is 12.6. The molecule has 0 aromatic carbocycles. The third kappa shape index (κ3) is 3.71. The predicted octanol–water partition coefficient (Wildman–Crippen LogP) is 2.66. The Morgan fingerprint density at radius 2 is 1.94 bits per heavy atom. The molecule has 1 aliphatic heterocycles. The van der Waals surface area contributed by atoms with Gasteiger partial charge in [0.05, 0.1) is 5.41 Å². The van der Waals surface area contributed by atoms with E-state index < -0.39 is 0 Å². The van der Waals surface area contributed by atoms with Gasteiger partial charge in [0.15, 0.2) is 0 Å². The summed E-state index contributed by atoms with van der Waals surface area (Å²) in [5.41, 5.74) is -0.0811. The minimum atomic E-state index is -0.0811. The Morgan fingerprint density at radius 1 is 1.33 bits per heavy atom. The van der Waals surface area contributed by atoms with Crippen LogP contribution in [0.25, 0.3) is 0 Å². The van der Waals surface area contributed by atoms with E-state index in [0.29, 0.717) is 11.8 Å². The third-order valence-corrected chi connectivity index (χ3v) is 4.37. The summed E-state index contributed by atoms with van der Waals surface area (Å²) in [7, 11) is 1.98. The van der Waals surface area contributed by atoms with Gasteiger partial charge in [-0.15, -0.1) is 0 Å². The van der Waals surface area contributed by atoms with Crippen LogP contribution in [0.15, 0.2) is 0 Å². The van der Waals surface area contributed by atoms with Gasteiger partial charge in [0.2, 0.25) is 5.91 Å². The molecule has 0 saturated carbocycles. The molecule has 0 radical (unpaired) electrons. The van der Waals surface area contributed by atoms with Gasteiger partial charge in [-0.25, -0.2) is 0 Å². The molecular weight excluding hydrogens is 224 g/mol. The third-order valence-electron chi connectivity index (χ3n) is 4.37. The van der Waals surface area contributed by atoms with Gasteiger partial charge < -0.3 is 10.2 Å². The number of carbonyl (C=O) groups is 1. The Labute approximate surface area is 112 Å². The van der Waals surface area contributed by atoms with Crippen molar-refractivity contribution < 1.29 is 4.79 Å². The second-order valence-electron chi connectivity index (χ2n) is 5.98. The van der Waals surface area contributed by atoms with Crippen LogP contribution < -0.4 is 5.32 Å². The first-order chi connectivity index (χ1) is 8.55. The maximum Gasteiger partial charge on any atom is 0.228 e. The molecule has 0 aromatic rings. The van der Waals surface area contributed by atoms with Gasteiger partial charge in [0, 0.05) is 13.6 Å². The maximum absolute atomic E-state index is 12.8. The lowest BCUT2D eigenvalue weighted by Gasteiger charge is -2.39. The van der Waals surface area contributed by atoms with Crippen molar-refractivity contribution in [3.63, 3.8) is 0 Å². The van der Waals surface area contributed by atoms with Crippen LogP contribution in [0.3, 0.4) is 0 Å². The molecule has 3 nitrogen and oxygen atoms in total. The van der Waals surface area contributed by atoms with Gasteiger partial charge in [-0.1, -0.05) is 33.6 Å². The highest BCUT2D eigenvalue weighted by molar-refractivity contribution is 5.82. The average Bonchev–Trinajstić information content (AvgIpc) is 2.39. The highest BCUT2D eigenvalue weighted by Gasteiger charge is 2.40. The molecule has 1 amide bonds. The highest BCUT2D eigenvalue weighted by atomic mass is 16.2. The summed E-state index contributed by atoms with van der Waals surface area (Å²) in [5.74, 6) is 0.977. The first-order valence-electron chi connectivity index (χ1n) is 7.52. The van der Waals surface area contributed by atoms with Crippen molar-refractivity contribution in [2.24, 2.45) is 11.3 Å². The molecule has 1 atom stereocenters. The number of piperidine rings is 1. The average molecular weight is 254 g/mol. The monoisotopic (exact) mass is 254 g/mol. The topological polar surface area (TPSA) is 32.3 Å². The molecule has 0 aliphatic carbocycles. The molecule has 0 aromatic heterocycles. The molecule has 1 aliphatic rings. The first-order valence-corrected chi connectivity index (χ1v) is 7.52. The quantitative estimate of drug-likeness (QED) is 0.790. The standard InChI is InChI=1S/C15H30N2O/c1-5-7-15(8-10-16-11-9-15)14(18)17(4)12-13(3)6-2/h13,16H,5-12H2,1-4H3. The van der Waals surface area contributed by atoms with E-state index in [-0.39, 0.29) is 5.41 Å². The number of amides is 1. The largest absolute Gasteiger partial charge is 0.345 e. The summed E-state index contributed by atoms with van der Waals surface area (Å²) in [5, 5.41) is 3.37. The molecule has 1 fully saturated rings. The minimum absolute atomic E-state index is 0.0811. The fraction of sp³-hybridized carbons (Fsp3) is 0.933. The van der Waals surface area contributed by atoms with Gasteiger partial charge >= 0.3 is 0 Å². The number of nitrogens with zero attached hydrogens (tertiary/aromatic N) is 1. The van der Waals surface area contributed by atoms with Gasteiger partial charge in [0.25, 0.3) is 0 Å². The summed E-state index contributed by atoms with van der Waals surface area (Å²) >= 11 is 0. The molecule has 0 bridgehead atoms. The van der Waals surface area contributed by atoms with Crippen molar-refractivity contribution in [3.8, 4) is 0 Å². The van der Waals surface area contributed by atoms with Crippen molar-refractivity contribution in [1.29, 1.82) is 0 Å². The Kier molecular flexibility index (Phi) is 6.13. The maximum atomic E-state index is 12.8. The number of carbonyl (C=O) groups excluding carboxylic acids is 1. The van der Waals surface area contributed by atoms with Crippen LogP contribution in [0.4, 0.5) is 0 Å².